The molecular weight excluding hydrogens is 373 g/mol. The second-order valence-electron chi connectivity index (χ2n) is 7.65. The normalized spacial score (nSPS) is 19.4. The minimum Gasteiger partial charge on any atom is -0.475 e. The Hall–Kier alpha value is -2.09. The van der Waals surface area contributed by atoms with E-state index < -0.39 is 12.1 Å². The molecule has 2 aliphatic heterocycles. The molecule has 1 aromatic rings. The first-order chi connectivity index (χ1) is 13.1. The number of likely N-dealkylation sites (tertiary alicyclic amines) is 1. The van der Waals surface area contributed by atoms with E-state index >= 15 is 0 Å². The Morgan fingerprint density at radius 2 is 1.64 bits per heavy atom. The van der Waals surface area contributed by atoms with E-state index in [0.717, 1.165) is 38.0 Å². The first-order valence-electron chi connectivity index (χ1n) is 9.46. The van der Waals surface area contributed by atoms with Crippen molar-refractivity contribution in [1.29, 1.82) is 0 Å². The van der Waals surface area contributed by atoms with Gasteiger partial charge in [0.2, 0.25) is 5.91 Å². The van der Waals surface area contributed by atoms with Gasteiger partial charge in [-0.25, -0.2) is 4.79 Å². The van der Waals surface area contributed by atoms with Gasteiger partial charge in [0, 0.05) is 12.1 Å². The zero-order valence-corrected chi connectivity index (χ0v) is 16.1. The topological polar surface area (TPSA) is 69.6 Å². The van der Waals surface area contributed by atoms with Crippen molar-refractivity contribution < 1.29 is 27.9 Å². The molecule has 8 heteroatoms. The van der Waals surface area contributed by atoms with E-state index in [9.17, 15) is 18.0 Å². The molecule has 0 bridgehead atoms. The Kier molecular flexibility index (Phi) is 7.09. The van der Waals surface area contributed by atoms with Crippen LogP contribution in [0.2, 0.25) is 0 Å². The van der Waals surface area contributed by atoms with Crippen LogP contribution in [-0.2, 0) is 9.59 Å². The molecular formula is C20H27F3N2O3. The molecule has 2 saturated heterocycles. The van der Waals surface area contributed by atoms with Crippen LogP contribution in [0, 0.1) is 5.92 Å². The van der Waals surface area contributed by atoms with Crippen LogP contribution in [0.25, 0.3) is 0 Å². The van der Waals surface area contributed by atoms with Gasteiger partial charge < -0.3 is 15.3 Å². The van der Waals surface area contributed by atoms with Gasteiger partial charge in [0.1, 0.15) is 0 Å². The Bertz CT molecular complexity index is 671. The zero-order valence-electron chi connectivity index (χ0n) is 16.1. The molecule has 1 aromatic carbocycles. The number of piperidine rings is 1. The van der Waals surface area contributed by atoms with Crippen LogP contribution in [0.1, 0.15) is 44.6 Å². The maximum Gasteiger partial charge on any atom is 0.490 e. The van der Waals surface area contributed by atoms with Crippen LogP contribution in [0.5, 0.6) is 0 Å². The third kappa shape index (κ3) is 5.04. The summed E-state index contributed by atoms with van der Waals surface area (Å²) in [6.45, 7) is 7.34. The number of halogens is 3. The summed E-state index contributed by atoms with van der Waals surface area (Å²) in [5.74, 6) is -2.09. The van der Waals surface area contributed by atoms with Crippen LogP contribution >= 0.6 is 0 Å². The molecule has 2 heterocycles. The monoisotopic (exact) mass is 400 g/mol. The van der Waals surface area contributed by atoms with Crippen molar-refractivity contribution in [3.8, 4) is 0 Å². The van der Waals surface area contributed by atoms with Crippen molar-refractivity contribution in [2.75, 3.05) is 19.6 Å². The van der Waals surface area contributed by atoms with Crippen molar-refractivity contribution in [1.82, 2.24) is 10.2 Å². The number of nitrogens with zero attached hydrogens (tertiary/aromatic N) is 1. The van der Waals surface area contributed by atoms with Gasteiger partial charge in [-0.1, -0.05) is 44.2 Å². The van der Waals surface area contributed by atoms with Crippen molar-refractivity contribution >= 4 is 11.9 Å². The number of carbonyl (C=O) groups excluding carboxylic acids is 1. The Morgan fingerprint density at radius 3 is 2.04 bits per heavy atom. The zero-order chi connectivity index (χ0) is 20.9. The number of amides is 1. The highest BCUT2D eigenvalue weighted by atomic mass is 19.4. The lowest BCUT2D eigenvalue weighted by Gasteiger charge is -2.56. The highest BCUT2D eigenvalue weighted by molar-refractivity contribution is 5.85. The fourth-order valence-corrected chi connectivity index (χ4v) is 3.94. The molecule has 0 aromatic heterocycles. The van der Waals surface area contributed by atoms with Crippen molar-refractivity contribution in [3.63, 3.8) is 0 Å². The van der Waals surface area contributed by atoms with E-state index in [4.69, 9.17) is 9.90 Å². The summed E-state index contributed by atoms with van der Waals surface area (Å²) >= 11 is 0. The second-order valence-corrected chi connectivity index (χ2v) is 7.65. The van der Waals surface area contributed by atoms with Crippen molar-refractivity contribution in [2.45, 2.75) is 50.7 Å². The summed E-state index contributed by atoms with van der Waals surface area (Å²) in [6.07, 6.45) is -1.68. The largest absolute Gasteiger partial charge is 0.490 e. The molecule has 1 amide bonds. The predicted octanol–water partition coefficient (Wildman–Crippen LogP) is 3.41. The molecule has 0 saturated carbocycles. The van der Waals surface area contributed by atoms with Crippen LogP contribution in [0.15, 0.2) is 30.3 Å². The molecule has 2 aliphatic rings. The predicted molar refractivity (Wildman–Crippen MR) is 98.9 cm³/mol. The summed E-state index contributed by atoms with van der Waals surface area (Å²) in [6, 6.07) is 10.3. The van der Waals surface area contributed by atoms with Crippen LogP contribution in [-0.4, -0.2) is 53.2 Å². The van der Waals surface area contributed by atoms with E-state index in [2.05, 4.69) is 36.2 Å². The molecule has 156 valence electrons. The van der Waals surface area contributed by atoms with E-state index in [1.54, 1.807) is 0 Å². The Morgan fingerprint density at radius 1 is 1.11 bits per heavy atom. The van der Waals surface area contributed by atoms with Gasteiger partial charge >= 0.3 is 12.1 Å². The molecule has 0 radical (unpaired) electrons. The van der Waals surface area contributed by atoms with Crippen molar-refractivity contribution in [2.24, 2.45) is 5.92 Å². The van der Waals surface area contributed by atoms with Crippen LogP contribution < -0.4 is 5.32 Å². The van der Waals surface area contributed by atoms with Gasteiger partial charge in [-0.2, -0.15) is 13.2 Å². The van der Waals surface area contributed by atoms with Gasteiger partial charge in [0.05, 0.1) is 5.92 Å². The smallest absolute Gasteiger partial charge is 0.475 e. The van der Waals surface area contributed by atoms with Crippen LogP contribution in [0.4, 0.5) is 13.2 Å². The summed E-state index contributed by atoms with van der Waals surface area (Å²) in [7, 11) is 0. The Labute approximate surface area is 162 Å². The molecule has 1 spiro atoms. The number of carbonyl (C=O) groups is 2. The van der Waals surface area contributed by atoms with E-state index in [0.29, 0.717) is 11.8 Å². The fraction of sp³-hybridized carbons (Fsp3) is 0.600. The number of carboxylic acid groups (broad SMARTS) is 1. The van der Waals surface area contributed by atoms with Gasteiger partial charge in [-0.15, -0.1) is 0 Å². The number of rotatable bonds is 3. The highest BCUT2D eigenvalue weighted by Gasteiger charge is 2.49. The number of nitrogens with one attached hydrogen (secondary N) is 1. The minimum atomic E-state index is -5.08. The molecule has 28 heavy (non-hydrogen) atoms. The number of hydrogen-bond acceptors (Lipinski definition) is 3. The maximum absolute atomic E-state index is 13.1. The lowest BCUT2D eigenvalue weighted by atomic mass is 9.74. The average Bonchev–Trinajstić information content (AvgIpc) is 2.62. The summed E-state index contributed by atoms with van der Waals surface area (Å²) < 4.78 is 31.7. The van der Waals surface area contributed by atoms with Gasteiger partial charge in [0.25, 0.3) is 0 Å². The number of aliphatic carboxylic acids is 1. The maximum atomic E-state index is 13.1. The number of hydrogen-bond donors (Lipinski definition) is 2. The highest BCUT2D eigenvalue weighted by Crippen LogP contribution is 2.41. The molecule has 3 rings (SSSR count). The van der Waals surface area contributed by atoms with Gasteiger partial charge in [-0.05, 0) is 43.8 Å². The van der Waals surface area contributed by atoms with E-state index in [1.807, 2.05) is 18.2 Å². The molecule has 2 fully saturated rings. The lowest BCUT2D eigenvalue weighted by molar-refractivity contribution is -0.192. The summed E-state index contributed by atoms with van der Waals surface area (Å²) in [4.78, 5) is 24.2. The first kappa shape index (κ1) is 22.2. The van der Waals surface area contributed by atoms with Crippen molar-refractivity contribution in [3.05, 3.63) is 35.9 Å². The number of benzene rings is 1. The summed E-state index contributed by atoms with van der Waals surface area (Å²) in [5.41, 5.74) is 1.32. The minimum absolute atomic E-state index is 0.00161. The third-order valence-corrected chi connectivity index (χ3v) is 5.51. The SMILES string of the molecule is CC(C)C(C(=O)N1CCC12CCNCC2)c1ccccc1.O=C(O)C(F)(F)F. The molecule has 0 aliphatic carbocycles. The average molecular weight is 400 g/mol. The fourth-order valence-electron chi connectivity index (χ4n) is 3.94. The first-order valence-corrected chi connectivity index (χ1v) is 9.46. The quantitative estimate of drug-likeness (QED) is 0.816. The molecule has 2 N–H and O–H groups in total. The summed E-state index contributed by atoms with van der Waals surface area (Å²) in [5, 5.41) is 10.5. The number of alkyl halides is 3. The van der Waals surface area contributed by atoms with Gasteiger partial charge in [-0.3, -0.25) is 4.79 Å². The molecule has 1 atom stereocenters. The second kappa shape index (κ2) is 8.94. The standard InChI is InChI=1S/C18H26N2O.C2HF3O2/c1-14(2)16(15-6-4-3-5-7-15)17(21)20-13-10-18(20)8-11-19-12-9-18;3-2(4,5)1(6)7/h3-7,14,16,19H,8-13H2,1-2H3;(H,6,7). The van der Waals surface area contributed by atoms with E-state index in [-0.39, 0.29) is 11.5 Å². The third-order valence-electron chi connectivity index (χ3n) is 5.51. The molecule has 5 nitrogen and oxygen atoms in total. The Balaban J connectivity index is 0.000000345. The molecule has 1 unspecified atom stereocenters. The van der Waals surface area contributed by atoms with E-state index in [1.165, 1.54) is 6.42 Å². The lowest BCUT2D eigenvalue weighted by Crippen LogP contribution is -2.66. The number of carboxylic acids is 1. The van der Waals surface area contributed by atoms with Crippen LogP contribution in [0.3, 0.4) is 0 Å². The van der Waals surface area contributed by atoms with Gasteiger partial charge in [0.15, 0.2) is 0 Å².